The Balaban J connectivity index is 1.68. The molecule has 16 heavy (non-hydrogen) atoms. The van der Waals surface area contributed by atoms with E-state index in [0.29, 0.717) is 19.1 Å². The molecule has 0 aromatic heterocycles. The molecule has 0 aromatic rings. The van der Waals surface area contributed by atoms with Gasteiger partial charge in [-0.05, 0) is 32.1 Å². The number of amides is 1. The fraction of sp³-hybridized carbons (Fsp3) is 0.917. The number of ether oxygens (including phenoxy) is 1. The Hall–Kier alpha value is -0.610. The molecule has 92 valence electrons. The predicted octanol–water partition coefficient (Wildman–Crippen LogP) is 0.831. The van der Waals surface area contributed by atoms with E-state index in [0.717, 1.165) is 25.7 Å². The first kappa shape index (κ1) is 11.9. The molecule has 4 nitrogen and oxygen atoms in total. The highest BCUT2D eigenvalue weighted by molar-refractivity contribution is 5.79. The summed E-state index contributed by atoms with van der Waals surface area (Å²) in [6.45, 7) is 2.51. The van der Waals surface area contributed by atoms with Crippen LogP contribution >= 0.6 is 0 Å². The van der Waals surface area contributed by atoms with Gasteiger partial charge in [-0.1, -0.05) is 6.92 Å². The fourth-order valence-electron chi connectivity index (χ4n) is 2.61. The van der Waals surface area contributed by atoms with Gasteiger partial charge in [0.25, 0.3) is 0 Å². The maximum absolute atomic E-state index is 11.8. The zero-order valence-electron chi connectivity index (χ0n) is 9.82. The van der Waals surface area contributed by atoms with E-state index in [1.807, 2.05) is 6.92 Å². The van der Waals surface area contributed by atoms with Crippen LogP contribution in [0.25, 0.3) is 0 Å². The van der Waals surface area contributed by atoms with Crippen LogP contribution in [-0.4, -0.2) is 35.9 Å². The molecule has 2 saturated heterocycles. The van der Waals surface area contributed by atoms with Crippen LogP contribution in [0.15, 0.2) is 0 Å². The van der Waals surface area contributed by atoms with Gasteiger partial charge in [0.05, 0.1) is 24.2 Å². The van der Waals surface area contributed by atoms with Gasteiger partial charge in [0.1, 0.15) is 0 Å². The summed E-state index contributed by atoms with van der Waals surface area (Å²) in [5.41, 5.74) is 0. The summed E-state index contributed by atoms with van der Waals surface area (Å²) < 4.78 is 5.64. The fourth-order valence-corrected chi connectivity index (χ4v) is 2.61. The van der Waals surface area contributed by atoms with E-state index in [4.69, 9.17) is 4.74 Å². The molecule has 2 bridgehead atoms. The third-order valence-corrected chi connectivity index (χ3v) is 3.69. The first-order valence-corrected chi connectivity index (χ1v) is 6.32. The minimum atomic E-state index is -0.295. The number of carbonyl (C=O) groups is 1. The van der Waals surface area contributed by atoms with Gasteiger partial charge >= 0.3 is 0 Å². The molecule has 0 saturated carbocycles. The van der Waals surface area contributed by atoms with Crippen molar-refractivity contribution in [3.63, 3.8) is 0 Å². The first-order valence-electron chi connectivity index (χ1n) is 6.32. The van der Waals surface area contributed by atoms with Crippen molar-refractivity contribution in [3.05, 3.63) is 0 Å². The number of fused-ring (bicyclic) bond motifs is 2. The van der Waals surface area contributed by atoms with Gasteiger partial charge < -0.3 is 15.2 Å². The van der Waals surface area contributed by atoms with Gasteiger partial charge in [-0.3, -0.25) is 4.79 Å². The molecular formula is C12H21NO3. The van der Waals surface area contributed by atoms with Gasteiger partial charge in [-0.15, -0.1) is 0 Å². The Labute approximate surface area is 96.4 Å². The van der Waals surface area contributed by atoms with Crippen LogP contribution in [-0.2, 0) is 9.53 Å². The van der Waals surface area contributed by atoms with Gasteiger partial charge in [-0.25, -0.2) is 0 Å². The summed E-state index contributed by atoms with van der Waals surface area (Å²) in [6, 6.07) is 0. The number of hydrogen-bond acceptors (Lipinski definition) is 3. The van der Waals surface area contributed by atoms with E-state index in [9.17, 15) is 9.90 Å². The maximum atomic E-state index is 11.8. The Bertz CT molecular complexity index is 257. The van der Waals surface area contributed by atoms with Crippen molar-refractivity contribution in [2.45, 2.75) is 57.3 Å². The second-order valence-corrected chi connectivity index (χ2v) is 4.86. The van der Waals surface area contributed by atoms with Crippen LogP contribution in [0.4, 0.5) is 0 Å². The van der Waals surface area contributed by atoms with Crippen molar-refractivity contribution in [2.75, 3.05) is 6.54 Å². The highest BCUT2D eigenvalue weighted by Crippen LogP contribution is 2.38. The van der Waals surface area contributed by atoms with E-state index in [2.05, 4.69) is 5.32 Å². The van der Waals surface area contributed by atoms with Gasteiger partial charge in [0, 0.05) is 6.54 Å². The van der Waals surface area contributed by atoms with Crippen LogP contribution in [0, 0.1) is 5.92 Å². The normalized spacial score (nSPS) is 34.0. The largest absolute Gasteiger partial charge is 0.393 e. The van der Waals surface area contributed by atoms with E-state index in [1.54, 1.807) is 0 Å². The van der Waals surface area contributed by atoms with Crippen LogP contribution in [0.2, 0.25) is 0 Å². The maximum Gasteiger partial charge on any atom is 0.225 e. The van der Waals surface area contributed by atoms with Gasteiger partial charge in [-0.2, -0.15) is 0 Å². The molecule has 0 spiro atoms. The van der Waals surface area contributed by atoms with E-state index in [-0.39, 0.29) is 24.0 Å². The van der Waals surface area contributed by atoms with E-state index >= 15 is 0 Å². The molecule has 0 aliphatic carbocycles. The van der Waals surface area contributed by atoms with Crippen LogP contribution < -0.4 is 5.32 Å². The minimum absolute atomic E-state index is 0.0533. The molecule has 2 fully saturated rings. The van der Waals surface area contributed by atoms with Gasteiger partial charge in [0.2, 0.25) is 5.91 Å². The average Bonchev–Trinajstić information content (AvgIpc) is 2.90. The lowest BCUT2D eigenvalue weighted by Crippen LogP contribution is -2.37. The molecule has 2 aliphatic heterocycles. The van der Waals surface area contributed by atoms with E-state index in [1.165, 1.54) is 0 Å². The SMILES string of the molecule is CCC(O)CCNC(=O)C1CC2CCC1O2. The van der Waals surface area contributed by atoms with Crippen molar-refractivity contribution >= 4 is 5.91 Å². The Morgan fingerprint density at radius 1 is 1.56 bits per heavy atom. The predicted molar refractivity (Wildman–Crippen MR) is 59.9 cm³/mol. The highest BCUT2D eigenvalue weighted by Gasteiger charge is 2.44. The first-order chi connectivity index (χ1) is 7.70. The number of hydrogen-bond donors (Lipinski definition) is 2. The number of carbonyl (C=O) groups excluding carboxylic acids is 1. The summed E-state index contributed by atoms with van der Waals surface area (Å²) in [7, 11) is 0. The van der Waals surface area contributed by atoms with Gasteiger partial charge in [0.15, 0.2) is 0 Å². The zero-order chi connectivity index (χ0) is 11.5. The Morgan fingerprint density at radius 3 is 2.94 bits per heavy atom. The number of aliphatic hydroxyl groups excluding tert-OH is 1. The quantitative estimate of drug-likeness (QED) is 0.731. The van der Waals surface area contributed by atoms with Crippen molar-refractivity contribution in [2.24, 2.45) is 5.92 Å². The summed E-state index contributed by atoms with van der Waals surface area (Å²) in [6.07, 6.45) is 4.59. The molecule has 2 aliphatic rings. The smallest absolute Gasteiger partial charge is 0.225 e. The Kier molecular flexibility index (Phi) is 3.82. The molecule has 4 unspecified atom stereocenters. The second-order valence-electron chi connectivity index (χ2n) is 4.86. The summed E-state index contributed by atoms with van der Waals surface area (Å²) in [5.74, 6) is 0.160. The third-order valence-electron chi connectivity index (χ3n) is 3.69. The van der Waals surface area contributed by atoms with Crippen molar-refractivity contribution in [1.82, 2.24) is 5.32 Å². The van der Waals surface area contributed by atoms with Crippen LogP contribution in [0.5, 0.6) is 0 Å². The summed E-state index contributed by atoms with van der Waals surface area (Å²) in [4.78, 5) is 11.8. The number of rotatable bonds is 5. The standard InChI is InChI=1S/C12H21NO3/c1-2-8(14)5-6-13-12(15)10-7-9-3-4-11(10)16-9/h8-11,14H,2-7H2,1H3,(H,13,15). The molecule has 0 aromatic carbocycles. The average molecular weight is 227 g/mol. The Morgan fingerprint density at radius 2 is 2.38 bits per heavy atom. The lowest BCUT2D eigenvalue weighted by atomic mass is 9.88. The zero-order valence-corrected chi connectivity index (χ0v) is 9.82. The summed E-state index contributed by atoms with van der Waals surface area (Å²) >= 11 is 0. The van der Waals surface area contributed by atoms with Crippen molar-refractivity contribution < 1.29 is 14.6 Å². The van der Waals surface area contributed by atoms with Crippen molar-refractivity contribution in [1.29, 1.82) is 0 Å². The van der Waals surface area contributed by atoms with Crippen LogP contribution in [0.1, 0.15) is 39.0 Å². The molecule has 2 N–H and O–H groups in total. The molecule has 2 heterocycles. The molecule has 4 atom stereocenters. The molecule has 4 heteroatoms. The monoisotopic (exact) mass is 227 g/mol. The molecule has 1 amide bonds. The third kappa shape index (κ3) is 2.55. The molecule has 2 rings (SSSR count). The van der Waals surface area contributed by atoms with E-state index < -0.39 is 0 Å². The van der Waals surface area contributed by atoms with Crippen LogP contribution in [0.3, 0.4) is 0 Å². The minimum Gasteiger partial charge on any atom is -0.393 e. The topological polar surface area (TPSA) is 58.6 Å². The lowest BCUT2D eigenvalue weighted by molar-refractivity contribution is -0.126. The lowest BCUT2D eigenvalue weighted by Gasteiger charge is -2.18. The molecule has 0 radical (unpaired) electrons. The summed E-state index contributed by atoms with van der Waals surface area (Å²) in [5, 5.41) is 12.3. The number of nitrogens with one attached hydrogen (secondary N) is 1. The number of aliphatic hydroxyl groups is 1. The van der Waals surface area contributed by atoms with Crippen molar-refractivity contribution in [3.8, 4) is 0 Å². The molecular weight excluding hydrogens is 206 g/mol. The second kappa shape index (κ2) is 5.15. The highest BCUT2D eigenvalue weighted by atomic mass is 16.5.